The van der Waals surface area contributed by atoms with Gasteiger partial charge in [-0.15, -0.1) is 0 Å². The maximum atomic E-state index is 13.8. The van der Waals surface area contributed by atoms with E-state index in [2.05, 4.69) is 4.90 Å². The second-order valence-corrected chi connectivity index (χ2v) is 7.74. The molecule has 2 aromatic carbocycles. The van der Waals surface area contributed by atoms with Gasteiger partial charge in [0.2, 0.25) is 5.91 Å². The van der Waals surface area contributed by atoms with Gasteiger partial charge >= 0.3 is 0 Å². The van der Waals surface area contributed by atoms with E-state index in [1.54, 1.807) is 43.6 Å². The highest BCUT2D eigenvalue weighted by atomic mass is 19.1. The third-order valence-corrected chi connectivity index (χ3v) is 5.24. The Balaban J connectivity index is 1.86. The summed E-state index contributed by atoms with van der Waals surface area (Å²) >= 11 is 0. The number of benzene rings is 2. The van der Waals surface area contributed by atoms with Crippen LogP contribution >= 0.6 is 0 Å². The standard InChI is InChI=1S/C23H30F2N2O2/c1-16-13-19(14-17(2)22(16)25)15-20(23(28)26-29)10-12-27(3)11-4-5-18-6-8-21(24)9-7-18/h6-9,13-14,20,29H,4-5,10-12,15H2,1-3H3,(H,26,28)/t20-/m0/s1. The zero-order valence-electron chi connectivity index (χ0n) is 17.3. The topological polar surface area (TPSA) is 52.6 Å². The Hall–Kier alpha value is -2.31. The van der Waals surface area contributed by atoms with Crippen molar-refractivity contribution in [3.05, 3.63) is 70.3 Å². The van der Waals surface area contributed by atoms with Crippen LogP contribution in [0.4, 0.5) is 8.78 Å². The highest BCUT2D eigenvalue weighted by Gasteiger charge is 2.20. The smallest absolute Gasteiger partial charge is 0.246 e. The molecule has 0 saturated heterocycles. The largest absolute Gasteiger partial charge is 0.306 e. The molecule has 1 atom stereocenters. The average Bonchev–Trinajstić information content (AvgIpc) is 2.70. The Morgan fingerprint density at radius 2 is 1.69 bits per heavy atom. The van der Waals surface area contributed by atoms with Crippen molar-refractivity contribution >= 4 is 5.91 Å². The molecule has 0 bridgehead atoms. The summed E-state index contributed by atoms with van der Waals surface area (Å²) in [6, 6.07) is 10.0. The number of hydrogen-bond acceptors (Lipinski definition) is 3. The first-order valence-electron chi connectivity index (χ1n) is 9.92. The van der Waals surface area contributed by atoms with Crippen LogP contribution < -0.4 is 5.48 Å². The van der Waals surface area contributed by atoms with Crippen molar-refractivity contribution in [1.82, 2.24) is 10.4 Å². The number of rotatable bonds is 10. The minimum atomic E-state index is -0.427. The van der Waals surface area contributed by atoms with E-state index in [1.165, 1.54) is 12.1 Å². The van der Waals surface area contributed by atoms with Gasteiger partial charge in [-0.1, -0.05) is 24.3 Å². The molecule has 0 aliphatic heterocycles. The summed E-state index contributed by atoms with van der Waals surface area (Å²) in [5.74, 6) is -1.28. The Morgan fingerprint density at radius 3 is 2.28 bits per heavy atom. The lowest BCUT2D eigenvalue weighted by atomic mass is 9.93. The van der Waals surface area contributed by atoms with Gasteiger partial charge in [0.05, 0.1) is 0 Å². The molecular formula is C23H30F2N2O2. The number of hydroxylamine groups is 1. The normalized spacial score (nSPS) is 12.2. The molecular weight excluding hydrogens is 374 g/mol. The Kier molecular flexibility index (Phi) is 8.73. The highest BCUT2D eigenvalue weighted by molar-refractivity contribution is 5.77. The maximum absolute atomic E-state index is 13.8. The molecule has 0 radical (unpaired) electrons. The summed E-state index contributed by atoms with van der Waals surface area (Å²) in [6.45, 7) is 4.96. The van der Waals surface area contributed by atoms with Crippen molar-refractivity contribution < 1.29 is 18.8 Å². The quantitative estimate of drug-likeness (QED) is 0.461. The van der Waals surface area contributed by atoms with Gasteiger partial charge in [-0.25, -0.2) is 14.3 Å². The summed E-state index contributed by atoms with van der Waals surface area (Å²) in [4.78, 5) is 14.2. The van der Waals surface area contributed by atoms with Crippen LogP contribution in [0.1, 0.15) is 35.1 Å². The first kappa shape index (κ1) is 23.0. The lowest BCUT2D eigenvalue weighted by Gasteiger charge is -2.21. The summed E-state index contributed by atoms with van der Waals surface area (Å²) in [5, 5.41) is 9.09. The van der Waals surface area contributed by atoms with Crippen molar-refractivity contribution in [3.63, 3.8) is 0 Å². The van der Waals surface area contributed by atoms with Gasteiger partial charge in [-0.3, -0.25) is 10.0 Å². The van der Waals surface area contributed by atoms with Gasteiger partial charge in [0, 0.05) is 5.92 Å². The number of halogens is 2. The number of carbonyl (C=O) groups is 1. The molecule has 2 aromatic rings. The molecule has 6 heteroatoms. The SMILES string of the molecule is Cc1cc(C[C@H](CCN(C)CCCc2ccc(F)cc2)C(=O)NO)cc(C)c1F. The van der Waals surface area contributed by atoms with Crippen LogP contribution in [0, 0.1) is 31.4 Å². The van der Waals surface area contributed by atoms with Crippen molar-refractivity contribution in [2.45, 2.75) is 39.5 Å². The van der Waals surface area contributed by atoms with Crippen LogP contribution in [-0.2, 0) is 17.6 Å². The van der Waals surface area contributed by atoms with Crippen molar-refractivity contribution in [1.29, 1.82) is 0 Å². The summed E-state index contributed by atoms with van der Waals surface area (Å²) in [6.07, 6.45) is 2.81. The summed E-state index contributed by atoms with van der Waals surface area (Å²) in [7, 11) is 1.99. The third-order valence-electron chi connectivity index (χ3n) is 5.24. The van der Waals surface area contributed by atoms with E-state index in [0.29, 0.717) is 30.5 Å². The molecule has 0 unspecified atom stereocenters. The minimum absolute atomic E-state index is 0.224. The number of carbonyl (C=O) groups excluding carboxylic acids is 1. The fourth-order valence-corrected chi connectivity index (χ4v) is 3.55. The van der Waals surface area contributed by atoms with Gasteiger partial charge in [-0.05, 0) is 94.1 Å². The van der Waals surface area contributed by atoms with Crippen LogP contribution in [0.25, 0.3) is 0 Å². The summed E-state index contributed by atoms with van der Waals surface area (Å²) < 4.78 is 26.8. The van der Waals surface area contributed by atoms with E-state index in [-0.39, 0.29) is 11.6 Å². The highest BCUT2D eigenvalue weighted by Crippen LogP contribution is 2.19. The van der Waals surface area contributed by atoms with Gasteiger partial charge in [0.25, 0.3) is 0 Å². The number of aryl methyl sites for hydroxylation is 3. The number of hydrogen-bond donors (Lipinski definition) is 2. The molecule has 0 aliphatic rings. The second-order valence-electron chi connectivity index (χ2n) is 7.74. The Bertz CT molecular complexity index is 786. The maximum Gasteiger partial charge on any atom is 0.246 e. The lowest BCUT2D eigenvalue weighted by molar-refractivity contribution is -0.133. The van der Waals surface area contributed by atoms with Gasteiger partial charge < -0.3 is 4.90 Å². The van der Waals surface area contributed by atoms with Gasteiger partial charge in [0.15, 0.2) is 0 Å². The Morgan fingerprint density at radius 1 is 1.07 bits per heavy atom. The molecule has 158 valence electrons. The molecule has 1 amide bonds. The van der Waals surface area contributed by atoms with E-state index in [0.717, 1.165) is 30.5 Å². The van der Waals surface area contributed by atoms with Gasteiger partial charge in [-0.2, -0.15) is 0 Å². The van der Waals surface area contributed by atoms with Crippen molar-refractivity contribution in [2.75, 3.05) is 20.1 Å². The zero-order valence-corrected chi connectivity index (χ0v) is 17.3. The minimum Gasteiger partial charge on any atom is -0.306 e. The van der Waals surface area contributed by atoms with Gasteiger partial charge in [0.1, 0.15) is 11.6 Å². The van der Waals surface area contributed by atoms with E-state index in [4.69, 9.17) is 5.21 Å². The molecule has 0 aromatic heterocycles. The second kappa shape index (κ2) is 11.0. The number of nitrogens with zero attached hydrogens (tertiary/aromatic N) is 1. The molecule has 0 heterocycles. The fraction of sp³-hybridized carbons (Fsp3) is 0.435. The molecule has 4 nitrogen and oxygen atoms in total. The Labute approximate surface area is 171 Å². The molecule has 0 spiro atoms. The van der Waals surface area contributed by atoms with Crippen molar-refractivity contribution in [3.8, 4) is 0 Å². The molecule has 2 rings (SSSR count). The molecule has 2 N–H and O–H groups in total. The van der Waals surface area contributed by atoms with E-state index in [1.807, 2.05) is 7.05 Å². The van der Waals surface area contributed by atoms with Crippen LogP contribution in [0.15, 0.2) is 36.4 Å². The molecule has 0 aliphatic carbocycles. The first-order chi connectivity index (χ1) is 13.8. The van der Waals surface area contributed by atoms with E-state index >= 15 is 0 Å². The van der Waals surface area contributed by atoms with Crippen LogP contribution in [0.2, 0.25) is 0 Å². The number of amides is 1. The molecule has 0 fully saturated rings. The van der Waals surface area contributed by atoms with Crippen LogP contribution in [0.5, 0.6) is 0 Å². The van der Waals surface area contributed by atoms with E-state index < -0.39 is 11.8 Å². The third kappa shape index (κ3) is 7.22. The summed E-state index contributed by atoms with van der Waals surface area (Å²) in [5.41, 5.74) is 4.85. The van der Waals surface area contributed by atoms with E-state index in [9.17, 15) is 13.6 Å². The number of nitrogens with one attached hydrogen (secondary N) is 1. The molecule has 0 saturated carbocycles. The fourth-order valence-electron chi connectivity index (χ4n) is 3.55. The monoisotopic (exact) mass is 404 g/mol. The lowest BCUT2D eigenvalue weighted by Crippen LogP contribution is -2.33. The van der Waals surface area contributed by atoms with Crippen molar-refractivity contribution in [2.24, 2.45) is 5.92 Å². The average molecular weight is 405 g/mol. The predicted octanol–water partition coefficient (Wildman–Crippen LogP) is 4.20. The van der Waals surface area contributed by atoms with Crippen LogP contribution in [0.3, 0.4) is 0 Å². The zero-order chi connectivity index (χ0) is 21.4. The predicted molar refractivity (Wildman–Crippen MR) is 110 cm³/mol. The first-order valence-corrected chi connectivity index (χ1v) is 9.92. The molecule has 29 heavy (non-hydrogen) atoms. The van der Waals surface area contributed by atoms with Crippen LogP contribution in [-0.4, -0.2) is 36.2 Å².